The Balaban J connectivity index is 1.58. The lowest BCUT2D eigenvalue weighted by Crippen LogP contribution is -2.35. The van der Waals surface area contributed by atoms with E-state index in [2.05, 4.69) is 5.32 Å². The van der Waals surface area contributed by atoms with Gasteiger partial charge in [-0.05, 0) is 38.6 Å². The van der Waals surface area contributed by atoms with Gasteiger partial charge in [0.15, 0.2) is 0 Å². The fraction of sp³-hybridized carbons (Fsp3) is 0.923. The van der Waals surface area contributed by atoms with Crippen molar-refractivity contribution in [2.45, 2.75) is 44.6 Å². The summed E-state index contributed by atoms with van der Waals surface area (Å²) in [5.74, 6) is 0.0483. The van der Waals surface area contributed by atoms with Crippen LogP contribution in [0.3, 0.4) is 0 Å². The molecule has 2 rings (SSSR count). The first-order valence-electron chi connectivity index (χ1n) is 6.84. The molecule has 98 valence electrons. The van der Waals surface area contributed by atoms with Crippen molar-refractivity contribution in [1.29, 1.82) is 0 Å². The topological polar surface area (TPSA) is 47.6 Å². The van der Waals surface area contributed by atoms with Crippen molar-refractivity contribution < 1.29 is 14.3 Å². The van der Waals surface area contributed by atoms with E-state index < -0.39 is 0 Å². The van der Waals surface area contributed by atoms with Crippen LogP contribution in [0.2, 0.25) is 0 Å². The highest BCUT2D eigenvalue weighted by Gasteiger charge is 2.23. The van der Waals surface area contributed by atoms with E-state index in [0.29, 0.717) is 25.9 Å². The third kappa shape index (κ3) is 4.28. The summed E-state index contributed by atoms with van der Waals surface area (Å²) in [5, 5.41) is 3.46. The number of hydrogen-bond donors (Lipinski definition) is 1. The normalized spacial score (nSPS) is 26.7. The fourth-order valence-corrected chi connectivity index (χ4v) is 2.52. The Morgan fingerprint density at radius 2 is 2.06 bits per heavy atom. The summed E-state index contributed by atoms with van der Waals surface area (Å²) in [6.45, 7) is 3.07. The Bertz CT molecular complexity index is 233. The van der Waals surface area contributed by atoms with Crippen LogP contribution in [0.25, 0.3) is 0 Å². The molecular weight excluding hydrogens is 218 g/mol. The number of rotatable bonds is 4. The number of hydrogen-bond acceptors (Lipinski definition) is 4. The van der Waals surface area contributed by atoms with Crippen LogP contribution in [0.5, 0.6) is 0 Å². The van der Waals surface area contributed by atoms with Gasteiger partial charge in [0.25, 0.3) is 0 Å². The van der Waals surface area contributed by atoms with Gasteiger partial charge in [-0.15, -0.1) is 0 Å². The van der Waals surface area contributed by atoms with Crippen molar-refractivity contribution in [2.24, 2.45) is 5.92 Å². The van der Waals surface area contributed by atoms with Crippen LogP contribution in [0.4, 0.5) is 0 Å². The molecule has 0 bridgehead atoms. The van der Waals surface area contributed by atoms with Crippen LogP contribution in [-0.4, -0.2) is 38.4 Å². The molecule has 1 atom stereocenters. The molecule has 0 unspecified atom stereocenters. The Hall–Kier alpha value is -0.610. The van der Waals surface area contributed by atoms with Crippen LogP contribution >= 0.6 is 0 Å². The molecule has 2 heterocycles. The Labute approximate surface area is 103 Å². The first-order chi connectivity index (χ1) is 8.36. The molecule has 0 spiro atoms. The average molecular weight is 241 g/mol. The van der Waals surface area contributed by atoms with E-state index in [1.54, 1.807) is 0 Å². The summed E-state index contributed by atoms with van der Waals surface area (Å²) >= 11 is 0. The van der Waals surface area contributed by atoms with Gasteiger partial charge in [-0.1, -0.05) is 6.42 Å². The molecule has 17 heavy (non-hydrogen) atoms. The van der Waals surface area contributed by atoms with Crippen LogP contribution in [0.1, 0.15) is 38.5 Å². The fourth-order valence-electron chi connectivity index (χ4n) is 2.52. The number of esters is 1. The van der Waals surface area contributed by atoms with Gasteiger partial charge in [0.05, 0.1) is 12.5 Å². The van der Waals surface area contributed by atoms with E-state index in [1.165, 1.54) is 19.3 Å². The minimum atomic E-state index is -0.0240. The number of carbonyl (C=O) groups excluding carboxylic acids is 1. The summed E-state index contributed by atoms with van der Waals surface area (Å²) in [4.78, 5) is 11.7. The SMILES string of the molecule is O=C(OCC[C@H]1CCCCN1)C1CCOCC1. The third-order valence-corrected chi connectivity index (χ3v) is 3.68. The maximum absolute atomic E-state index is 11.7. The monoisotopic (exact) mass is 241 g/mol. The molecule has 2 saturated heterocycles. The maximum Gasteiger partial charge on any atom is 0.309 e. The zero-order valence-electron chi connectivity index (χ0n) is 10.5. The van der Waals surface area contributed by atoms with Gasteiger partial charge in [0.2, 0.25) is 0 Å². The van der Waals surface area contributed by atoms with E-state index in [-0.39, 0.29) is 11.9 Å². The maximum atomic E-state index is 11.7. The highest BCUT2D eigenvalue weighted by molar-refractivity contribution is 5.72. The van der Waals surface area contributed by atoms with Gasteiger partial charge in [-0.3, -0.25) is 4.79 Å². The minimum absolute atomic E-state index is 0.0240. The zero-order valence-corrected chi connectivity index (χ0v) is 10.5. The number of nitrogens with one attached hydrogen (secondary N) is 1. The Morgan fingerprint density at radius 3 is 2.76 bits per heavy atom. The van der Waals surface area contributed by atoms with Crippen molar-refractivity contribution in [3.05, 3.63) is 0 Å². The van der Waals surface area contributed by atoms with Gasteiger partial charge in [0, 0.05) is 19.3 Å². The molecule has 0 saturated carbocycles. The molecule has 0 amide bonds. The summed E-state index contributed by atoms with van der Waals surface area (Å²) in [7, 11) is 0. The smallest absolute Gasteiger partial charge is 0.309 e. The van der Waals surface area contributed by atoms with Crippen molar-refractivity contribution in [2.75, 3.05) is 26.4 Å². The number of ether oxygens (including phenoxy) is 2. The molecule has 1 N–H and O–H groups in total. The molecule has 2 fully saturated rings. The first kappa shape index (κ1) is 12.8. The first-order valence-corrected chi connectivity index (χ1v) is 6.84. The van der Waals surface area contributed by atoms with Crippen molar-refractivity contribution >= 4 is 5.97 Å². The summed E-state index contributed by atoms with van der Waals surface area (Å²) in [5.41, 5.74) is 0. The van der Waals surface area contributed by atoms with Crippen molar-refractivity contribution in [1.82, 2.24) is 5.32 Å². The number of piperidine rings is 1. The average Bonchev–Trinajstić information content (AvgIpc) is 2.41. The standard InChI is InChI=1S/C13H23NO3/c15-13(11-4-8-16-9-5-11)17-10-6-12-3-1-2-7-14-12/h11-12,14H,1-10H2/t12-/m1/s1. The lowest BCUT2D eigenvalue weighted by Gasteiger charge is -2.24. The molecule has 0 aromatic rings. The van der Waals surface area contributed by atoms with Gasteiger partial charge >= 0.3 is 5.97 Å². The van der Waals surface area contributed by atoms with E-state index in [9.17, 15) is 4.79 Å². The van der Waals surface area contributed by atoms with Gasteiger partial charge < -0.3 is 14.8 Å². The van der Waals surface area contributed by atoms with E-state index in [0.717, 1.165) is 25.8 Å². The predicted octanol–water partition coefficient (Wildman–Crippen LogP) is 1.49. The molecule has 2 aliphatic heterocycles. The molecule has 0 aliphatic carbocycles. The molecular formula is C13H23NO3. The number of carbonyl (C=O) groups is 1. The minimum Gasteiger partial charge on any atom is -0.465 e. The largest absolute Gasteiger partial charge is 0.465 e. The van der Waals surface area contributed by atoms with Crippen LogP contribution in [0.15, 0.2) is 0 Å². The van der Waals surface area contributed by atoms with Crippen molar-refractivity contribution in [3.8, 4) is 0 Å². The second-order valence-electron chi connectivity index (χ2n) is 4.99. The predicted molar refractivity (Wildman–Crippen MR) is 64.8 cm³/mol. The van der Waals surface area contributed by atoms with E-state index in [1.807, 2.05) is 0 Å². The molecule has 0 radical (unpaired) electrons. The summed E-state index contributed by atoms with van der Waals surface area (Å²) < 4.78 is 10.6. The summed E-state index contributed by atoms with van der Waals surface area (Å²) in [6.07, 6.45) is 6.38. The van der Waals surface area contributed by atoms with Crippen LogP contribution in [-0.2, 0) is 14.3 Å². The molecule has 4 nitrogen and oxygen atoms in total. The van der Waals surface area contributed by atoms with Gasteiger partial charge in [-0.25, -0.2) is 0 Å². The lowest BCUT2D eigenvalue weighted by molar-refractivity contribution is -0.151. The Kier molecular flexibility index (Phi) is 5.26. The highest BCUT2D eigenvalue weighted by Crippen LogP contribution is 2.17. The zero-order chi connectivity index (χ0) is 11.9. The lowest BCUT2D eigenvalue weighted by atomic mass is 10.0. The molecule has 0 aromatic heterocycles. The second kappa shape index (κ2) is 6.97. The van der Waals surface area contributed by atoms with Crippen molar-refractivity contribution in [3.63, 3.8) is 0 Å². The third-order valence-electron chi connectivity index (χ3n) is 3.68. The highest BCUT2D eigenvalue weighted by atomic mass is 16.5. The quantitative estimate of drug-likeness (QED) is 0.758. The van der Waals surface area contributed by atoms with Gasteiger partial charge in [-0.2, -0.15) is 0 Å². The van der Waals surface area contributed by atoms with Gasteiger partial charge in [0.1, 0.15) is 0 Å². The van der Waals surface area contributed by atoms with Crippen LogP contribution < -0.4 is 5.32 Å². The Morgan fingerprint density at radius 1 is 1.24 bits per heavy atom. The molecule has 2 aliphatic rings. The molecule has 0 aromatic carbocycles. The second-order valence-corrected chi connectivity index (χ2v) is 4.99. The van der Waals surface area contributed by atoms with Crippen LogP contribution in [0, 0.1) is 5.92 Å². The van der Waals surface area contributed by atoms with E-state index >= 15 is 0 Å². The van der Waals surface area contributed by atoms with E-state index in [4.69, 9.17) is 9.47 Å². The molecule has 4 heteroatoms. The summed E-state index contributed by atoms with van der Waals surface area (Å²) in [6, 6.07) is 0.547.